The Kier molecular flexibility index (Phi) is 4.30. The van der Waals surface area contributed by atoms with Gasteiger partial charge in [-0.2, -0.15) is 0 Å². The molecule has 0 unspecified atom stereocenters. The molecule has 1 aliphatic carbocycles. The summed E-state index contributed by atoms with van der Waals surface area (Å²) in [6.07, 6.45) is 4.59. The van der Waals surface area contributed by atoms with Crippen molar-refractivity contribution in [1.82, 2.24) is 5.32 Å². The molecule has 4 heteroatoms. The topological polar surface area (TPSA) is 64.3 Å². The number of benzene rings is 1. The number of rotatable bonds is 4. The van der Waals surface area contributed by atoms with Crippen LogP contribution in [0.2, 0.25) is 0 Å². The Morgan fingerprint density at radius 2 is 2.05 bits per heavy atom. The quantitative estimate of drug-likeness (QED) is 0.818. The molecule has 104 valence electrons. The summed E-state index contributed by atoms with van der Waals surface area (Å²) in [5.74, 6) is 0.676. The van der Waals surface area contributed by atoms with Crippen LogP contribution >= 0.6 is 0 Å². The molecule has 2 rings (SSSR count). The highest BCUT2D eigenvalue weighted by atomic mass is 16.5. The second-order valence-corrected chi connectivity index (χ2v) is 5.26. The van der Waals surface area contributed by atoms with E-state index >= 15 is 0 Å². The van der Waals surface area contributed by atoms with Crippen molar-refractivity contribution >= 4 is 11.6 Å². The maximum absolute atomic E-state index is 11.8. The minimum Gasteiger partial charge on any atom is -0.483 e. The molecule has 0 aromatic heterocycles. The first kappa shape index (κ1) is 13.7. The lowest BCUT2D eigenvalue weighted by Gasteiger charge is -2.15. The van der Waals surface area contributed by atoms with Crippen molar-refractivity contribution in [2.45, 2.75) is 45.6 Å². The molecule has 0 heterocycles. The number of nitrogens with two attached hydrogens (primary N) is 1. The molecule has 3 N–H and O–H groups in total. The molecule has 0 atom stereocenters. The van der Waals surface area contributed by atoms with E-state index in [1.165, 1.54) is 12.8 Å². The Balaban J connectivity index is 1.91. The molecular weight excluding hydrogens is 240 g/mol. The standard InChI is InChI=1S/C15H22N2O2/c1-10-7-8-13(16)11(2)15(10)19-9-14(18)17-12-5-3-4-6-12/h7-8,12H,3-6,9,16H2,1-2H3,(H,17,18). The van der Waals surface area contributed by atoms with Gasteiger partial charge in [0.15, 0.2) is 6.61 Å². The van der Waals surface area contributed by atoms with Crippen molar-refractivity contribution in [3.05, 3.63) is 23.3 Å². The lowest BCUT2D eigenvalue weighted by Crippen LogP contribution is -2.36. The molecule has 0 aliphatic heterocycles. The Bertz CT molecular complexity index is 465. The van der Waals surface area contributed by atoms with Gasteiger partial charge in [0.05, 0.1) is 0 Å². The van der Waals surface area contributed by atoms with Gasteiger partial charge in [-0.25, -0.2) is 0 Å². The smallest absolute Gasteiger partial charge is 0.258 e. The molecule has 0 spiro atoms. The number of anilines is 1. The summed E-state index contributed by atoms with van der Waals surface area (Å²) in [7, 11) is 0. The Morgan fingerprint density at radius 3 is 2.74 bits per heavy atom. The van der Waals surface area contributed by atoms with Gasteiger partial charge < -0.3 is 15.8 Å². The molecule has 1 saturated carbocycles. The van der Waals surface area contributed by atoms with Crippen LogP contribution in [0.5, 0.6) is 5.75 Å². The Labute approximate surface area is 114 Å². The van der Waals surface area contributed by atoms with Gasteiger partial charge in [0.2, 0.25) is 0 Å². The lowest BCUT2D eigenvalue weighted by molar-refractivity contribution is -0.123. The number of hydrogen-bond acceptors (Lipinski definition) is 3. The van der Waals surface area contributed by atoms with Gasteiger partial charge in [0, 0.05) is 17.3 Å². The number of carbonyl (C=O) groups excluding carboxylic acids is 1. The summed E-state index contributed by atoms with van der Waals surface area (Å²) in [5.41, 5.74) is 8.44. The van der Waals surface area contributed by atoms with Crippen LogP contribution in [0, 0.1) is 13.8 Å². The van der Waals surface area contributed by atoms with Crippen molar-refractivity contribution in [2.75, 3.05) is 12.3 Å². The monoisotopic (exact) mass is 262 g/mol. The highest BCUT2D eigenvalue weighted by Gasteiger charge is 2.17. The fraction of sp³-hybridized carbons (Fsp3) is 0.533. The maximum Gasteiger partial charge on any atom is 0.258 e. The van der Waals surface area contributed by atoms with E-state index in [4.69, 9.17) is 10.5 Å². The first-order valence-electron chi connectivity index (χ1n) is 6.86. The molecule has 1 aromatic carbocycles. The first-order valence-corrected chi connectivity index (χ1v) is 6.86. The van der Waals surface area contributed by atoms with Crippen LogP contribution in [0.1, 0.15) is 36.8 Å². The van der Waals surface area contributed by atoms with Crippen LogP contribution < -0.4 is 15.8 Å². The average molecular weight is 262 g/mol. The number of carbonyl (C=O) groups is 1. The minimum atomic E-state index is -0.0480. The maximum atomic E-state index is 11.8. The van der Waals surface area contributed by atoms with Gasteiger partial charge in [0.25, 0.3) is 5.91 Å². The van der Waals surface area contributed by atoms with Crippen LogP contribution in [-0.2, 0) is 4.79 Å². The van der Waals surface area contributed by atoms with E-state index in [1.54, 1.807) is 0 Å². The number of aryl methyl sites for hydroxylation is 1. The fourth-order valence-corrected chi connectivity index (χ4v) is 2.54. The molecular formula is C15H22N2O2. The SMILES string of the molecule is Cc1ccc(N)c(C)c1OCC(=O)NC1CCCC1. The van der Waals surface area contributed by atoms with E-state index in [1.807, 2.05) is 26.0 Å². The number of nitrogens with one attached hydrogen (secondary N) is 1. The Hall–Kier alpha value is -1.71. The van der Waals surface area contributed by atoms with Crippen molar-refractivity contribution in [1.29, 1.82) is 0 Å². The van der Waals surface area contributed by atoms with E-state index in [2.05, 4.69) is 5.32 Å². The fourth-order valence-electron chi connectivity index (χ4n) is 2.54. The van der Waals surface area contributed by atoms with Crippen LogP contribution in [0.25, 0.3) is 0 Å². The third kappa shape index (κ3) is 3.40. The van der Waals surface area contributed by atoms with Gasteiger partial charge in [-0.3, -0.25) is 4.79 Å². The van der Waals surface area contributed by atoms with Crippen molar-refractivity contribution < 1.29 is 9.53 Å². The zero-order valence-corrected chi connectivity index (χ0v) is 11.7. The zero-order valence-electron chi connectivity index (χ0n) is 11.7. The first-order chi connectivity index (χ1) is 9.08. The molecule has 4 nitrogen and oxygen atoms in total. The summed E-state index contributed by atoms with van der Waals surface area (Å²) in [4.78, 5) is 11.8. The molecule has 1 aromatic rings. The van der Waals surface area contributed by atoms with Crippen LogP contribution in [0.4, 0.5) is 5.69 Å². The summed E-state index contributed by atoms with van der Waals surface area (Å²) in [5, 5.41) is 3.01. The average Bonchev–Trinajstić information content (AvgIpc) is 2.87. The van der Waals surface area contributed by atoms with Gasteiger partial charge >= 0.3 is 0 Å². The summed E-state index contributed by atoms with van der Waals surface area (Å²) >= 11 is 0. The molecule has 19 heavy (non-hydrogen) atoms. The van der Waals surface area contributed by atoms with E-state index < -0.39 is 0 Å². The Morgan fingerprint density at radius 1 is 1.37 bits per heavy atom. The number of hydrogen-bond donors (Lipinski definition) is 2. The van der Waals surface area contributed by atoms with Crippen LogP contribution in [0.15, 0.2) is 12.1 Å². The number of nitrogen functional groups attached to an aromatic ring is 1. The van der Waals surface area contributed by atoms with Crippen molar-refractivity contribution in [2.24, 2.45) is 0 Å². The van der Waals surface area contributed by atoms with Gasteiger partial charge in [-0.15, -0.1) is 0 Å². The molecule has 0 bridgehead atoms. The summed E-state index contributed by atoms with van der Waals surface area (Å²) in [6, 6.07) is 4.10. The molecule has 1 amide bonds. The predicted molar refractivity (Wildman–Crippen MR) is 76.2 cm³/mol. The largest absolute Gasteiger partial charge is 0.483 e. The van der Waals surface area contributed by atoms with Crippen LogP contribution in [-0.4, -0.2) is 18.6 Å². The van der Waals surface area contributed by atoms with Gasteiger partial charge in [0.1, 0.15) is 5.75 Å². The third-order valence-corrected chi connectivity index (χ3v) is 3.71. The van der Waals surface area contributed by atoms with Gasteiger partial charge in [-0.05, 0) is 38.3 Å². The predicted octanol–water partition coefficient (Wildman–Crippen LogP) is 2.32. The second-order valence-electron chi connectivity index (χ2n) is 5.26. The highest BCUT2D eigenvalue weighted by Crippen LogP contribution is 2.27. The second kappa shape index (κ2) is 5.95. The number of ether oxygens (including phenoxy) is 1. The van der Waals surface area contributed by atoms with E-state index in [-0.39, 0.29) is 12.5 Å². The number of amides is 1. The normalized spacial score (nSPS) is 15.5. The van der Waals surface area contributed by atoms with Crippen LogP contribution in [0.3, 0.4) is 0 Å². The highest BCUT2D eigenvalue weighted by molar-refractivity contribution is 5.78. The third-order valence-electron chi connectivity index (χ3n) is 3.71. The zero-order chi connectivity index (χ0) is 13.8. The lowest BCUT2D eigenvalue weighted by atomic mass is 10.1. The van der Waals surface area contributed by atoms with E-state index in [0.29, 0.717) is 11.7 Å². The molecule has 0 saturated heterocycles. The summed E-state index contributed by atoms with van der Waals surface area (Å²) in [6.45, 7) is 3.92. The minimum absolute atomic E-state index is 0.0480. The van der Waals surface area contributed by atoms with Crippen molar-refractivity contribution in [3.63, 3.8) is 0 Å². The molecule has 1 fully saturated rings. The molecule has 1 aliphatic rings. The molecule has 0 radical (unpaired) electrons. The summed E-state index contributed by atoms with van der Waals surface area (Å²) < 4.78 is 5.63. The van der Waals surface area contributed by atoms with Gasteiger partial charge in [-0.1, -0.05) is 18.9 Å². The van der Waals surface area contributed by atoms with Crippen molar-refractivity contribution in [3.8, 4) is 5.75 Å². The van der Waals surface area contributed by atoms with E-state index in [9.17, 15) is 4.79 Å². The van der Waals surface area contributed by atoms with E-state index in [0.717, 1.165) is 29.7 Å².